The third kappa shape index (κ3) is 2.42. The SMILES string of the molecule is O=C1CC(C(=O)c2ccc(Cl)cc2)CCN1. The predicted molar refractivity (Wildman–Crippen MR) is 61.5 cm³/mol. The summed E-state index contributed by atoms with van der Waals surface area (Å²) in [6.07, 6.45) is 1.01. The summed E-state index contributed by atoms with van der Waals surface area (Å²) < 4.78 is 0. The van der Waals surface area contributed by atoms with Crippen LogP contribution in [0, 0.1) is 5.92 Å². The number of halogens is 1. The summed E-state index contributed by atoms with van der Waals surface area (Å²) in [7, 11) is 0. The summed E-state index contributed by atoms with van der Waals surface area (Å²) in [5.74, 6) is -0.194. The fraction of sp³-hybridized carbons (Fsp3) is 0.333. The molecule has 0 aliphatic carbocycles. The summed E-state index contributed by atoms with van der Waals surface area (Å²) in [5.41, 5.74) is 0.629. The molecule has 1 unspecified atom stereocenters. The van der Waals surface area contributed by atoms with Crippen LogP contribution in [0.25, 0.3) is 0 Å². The molecule has 16 heavy (non-hydrogen) atoms. The quantitative estimate of drug-likeness (QED) is 0.801. The van der Waals surface area contributed by atoms with E-state index in [2.05, 4.69) is 5.32 Å². The maximum Gasteiger partial charge on any atom is 0.220 e. The van der Waals surface area contributed by atoms with Crippen LogP contribution in [0.3, 0.4) is 0 Å². The second-order valence-corrected chi connectivity index (χ2v) is 4.35. The highest BCUT2D eigenvalue weighted by Gasteiger charge is 2.26. The zero-order valence-corrected chi connectivity index (χ0v) is 9.46. The number of ketones is 1. The lowest BCUT2D eigenvalue weighted by Crippen LogP contribution is -2.36. The number of hydrogen-bond donors (Lipinski definition) is 1. The van der Waals surface area contributed by atoms with E-state index in [9.17, 15) is 9.59 Å². The lowest BCUT2D eigenvalue weighted by molar-refractivity contribution is -0.123. The van der Waals surface area contributed by atoms with Gasteiger partial charge in [-0.3, -0.25) is 9.59 Å². The van der Waals surface area contributed by atoms with E-state index in [-0.39, 0.29) is 17.6 Å². The van der Waals surface area contributed by atoms with Crippen molar-refractivity contribution in [3.05, 3.63) is 34.9 Å². The zero-order chi connectivity index (χ0) is 11.5. The second kappa shape index (κ2) is 4.66. The van der Waals surface area contributed by atoms with Crippen molar-refractivity contribution >= 4 is 23.3 Å². The number of carbonyl (C=O) groups is 2. The van der Waals surface area contributed by atoms with Crippen LogP contribution in [0.1, 0.15) is 23.2 Å². The van der Waals surface area contributed by atoms with Gasteiger partial charge < -0.3 is 5.32 Å². The Labute approximate surface area is 98.8 Å². The molecule has 0 spiro atoms. The molecule has 0 aromatic heterocycles. The van der Waals surface area contributed by atoms with E-state index in [4.69, 9.17) is 11.6 Å². The normalized spacial score (nSPS) is 20.3. The number of piperidine rings is 1. The predicted octanol–water partition coefficient (Wildman–Crippen LogP) is 2.05. The molecule has 84 valence electrons. The molecule has 0 radical (unpaired) electrons. The van der Waals surface area contributed by atoms with Gasteiger partial charge in [0.25, 0.3) is 0 Å². The van der Waals surface area contributed by atoms with Gasteiger partial charge in [-0.25, -0.2) is 0 Å². The van der Waals surface area contributed by atoms with Gasteiger partial charge in [0.1, 0.15) is 0 Å². The Morgan fingerprint density at radius 3 is 2.62 bits per heavy atom. The molecule has 1 N–H and O–H groups in total. The van der Waals surface area contributed by atoms with Crippen LogP contribution in [0.5, 0.6) is 0 Å². The first-order valence-electron chi connectivity index (χ1n) is 5.23. The Morgan fingerprint density at radius 2 is 2.00 bits per heavy atom. The van der Waals surface area contributed by atoms with Gasteiger partial charge in [0, 0.05) is 29.5 Å². The molecule has 3 nitrogen and oxygen atoms in total. The van der Waals surface area contributed by atoms with Crippen molar-refractivity contribution in [3.8, 4) is 0 Å². The van der Waals surface area contributed by atoms with E-state index >= 15 is 0 Å². The van der Waals surface area contributed by atoms with E-state index in [1.807, 2.05) is 0 Å². The van der Waals surface area contributed by atoms with Crippen molar-refractivity contribution in [2.45, 2.75) is 12.8 Å². The summed E-state index contributed by atoms with van der Waals surface area (Å²) in [4.78, 5) is 23.2. The first kappa shape index (κ1) is 11.1. The van der Waals surface area contributed by atoms with Gasteiger partial charge >= 0.3 is 0 Å². The molecule has 1 saturated heterocycles. The second-order valence-electron chi connectivity index (χ2n) is 3.91. The number of rotatable bonds is 2. The molecule has 1 aliphatic heterocycles. The Bertz CT molecular complexity index is 414. The van der Waals surface area contributed by atoms with Gasteiger partial charge in [-0.15, -0.1) is 0 Å². The van der Waals surface area contributed by atoms with Crippen LogP contribution in [0.15, 0.2) is 24.3 Å². The minimum atomic E-state index is -0.185. The van der Waals surface area contributed by atoms with Crippen LogP contribution in [-0.4, -0.2) is 18.2 Å². The third-order valence-corrected chi connectivity index (χ3v) is 3.00. The van der Waals surface area contributed by atoms with Gasteiger partial charge in [-0.05, 0) is 30.7 Å². The van der Waals surface area contributed by atoms with Crippen LogP contribution < -0.4 is 5.32 Å². The Balaban J connectivity index is 2.12. The summed E-state index contributed by atoms with van der Waals surface area (Å²) in [5, 5.41) is 3.32. The molecule has 4 heteroatoms. The molecule has 1 fully saturated rings. The lowest BCUT2D eigenvalue weighted by Gasteiger charge is -2.20. The fourth-order valence-corrected chi connectivity index (χ4v) is 1.98. The van der Waals surface area contributed by atoms with Crippen molar-refractivity contribution in [2.24, 2.45) is 5.92 Å². The van der Waals surface area contributed by atoms with Crippen LogP contribution >= 0.6 is 11.6 Å². The molecule has 1 amide bonds. The highest BCUT2D eigenvalue weighted by Crippen LogP contribution is 2.20. The lowest BCUT2D eigenvalue weighted by atomic mass is 9.89. The van der Waals surface area contributed by atoms with Gasteiger partial charge in [-0.2, -0.15) is 0 Å². The average Bonchev–Trinajstić information content (AvgIpc) is 2.29. The Hall–Kier alpha value is -1.35. The summed E-state index contributed by atoms with van der Waals surface area (Å²) in [6, 6.07) is 6.80. The van der Waals surface area contributed by atoms with E-state index in [1.54, 1.807) is 24.3 Å². The number of nitrogens with one attached hydrogen (secondary N) is 1. The minimum Gasteiger partial charge on any atom is -0.356 e. The largest absolute Gasteiger partial charge is 0.356 e. The van der Waals surface area contributed by atoms with Gasteiger partial charge in [0.05, 0.1) is 0 Å². The fourth-order valence-electron chi connectivity index (χ4n) is 1.86. The van der Waals surface area contributed by atoms with Gasteiger partial charge in [0.2, 0.25) is 5.91 Å². The van der Waals surface area contributed by atoms with Crippen molar-refractivity contribution in [1.29, 1.82) is 0 Å². The first-order chi connectivity index (χ1) is 7.66. The van der Waals surface area contributed by atoms with Crippen LogP contribution in [-0.2, 0) is 4.79 Å². The van der Waals surface area contributed by atoms with Crippen LogP contribution in [0.2, 0.25) is 5.02 Å². The maximum absolute atomic E-state index is 12.0. The highest BCUT2D eigenvalue weighted by molar-refractivity contribution is 6.30. The first-order valence-corrected chi connectivity index (χ1v) is 5.61. The van der Waals surface area contributed by atoms with E-state index in [1.165, 1.54) is 0 Å². The standard InChI is InChI=1S/C12H12ClNO2/c13-10-3-1-8(2-4-10)12(16)9-5-6-14-11(15)7-9/h1-4,9H,5-7H2,(H,14,15). The molecule has 1 atom stereocenters. The molecule has 2 rings (SSSR count). The molecule has 1 aromatic carbocycles. The molecule has 1 heterocycles. The van der Waals surface area contributed by atoms with Gasteiger partial charge in [-0.1, -0.05) is 11.6 Å². The Kier molecular flexibility index (Phi) is 3.25. The summed E-state index contributed by atoms with van der Waals surface area (Å²) in [6.45, 7) is 0.586. The number of amides is 1. The highest BCUT2D eigenvalue weighted by atomic mass is 35.5. The molecular formula is C12H12ClNO2. The molecule has 0 saturated carbocycles. The Morgan fingerprint density at radius 1 is 1.31 bits per heavy atom. The van der Waals surface area contributed by atoms with Crippen molar-refractivity contribution < 1.29 is 9.59 Å². The molecular weight excluding hydrogens is 226 g/mol. The van der Waals surface area contributed by atoms with E-state index in [0.717, 1.165) is 0 Å². The minimum absolute atomic E-state index is 0.0338. The smallest absolute Gasteiger partial charge is 0.220 e. The number of carbonyl (C=O) groups excluding carboxylic acids is 2. The molecule has 1 aromatic rings. The number of hydrogen-bond acceptors (Lipinski definition) is 2. The number of benzene rings is 1. The topological polar surface area (TPSA) is 46.2 Å². The van der Waals surface area contributed by atoms with Crippen molar-refractivity contribution in [3.63, 3.8) is 0 Å². The summed E-state index contributed by atoms with van der Waals surface area (Å²) >= 11 is 5.75. The molecule has 0 bridgehead atoms. The maximum atomic E-state index is 12.0. The van der Waals surface area contributed by atoms with E-state index in [0.29, 0.717) is 30.0 Å². The average molecular weight is 238 g/mol. The number of Topliss-reactive ketones (excluding diaryl/α,β-unsaturated/α-hetero) is 1. The van der Waals surface area contributed by atoms with Crippen molar-refractivity contribution in [2.75, 3.05) is 6.54 Å². The third-order valence-electron chi connectivity index (χ3n) is 2.75. The monoisotopic (exact) mass is 237 g/mol. The van der Waals surface area contributed by atoms with Gasteiger partial charge in [0.15, 0.2) is 5.78 Å². The molecule has 1 aliphatic rings. The van der Waals surface area contributed by atoms with E-state index < -0.39 is 0 Å². The van der Waals surface area contributed by atoms with Crippen LogP contribution in [0.4, 0.5) is 0 Å². The zero-order valence-electron chi connectivity index (χ0n) is 8.70. The van der Waals surface area contributed by atoms with Crippen molar-refractivity contribution in [1.82, 2.24) is 5.32 Å².